The molecule has 0 saturated carbocycles. The molecule has 0 spiro atoms. The minimum atomic E-state index is -3.92. The highest BCUT2D eigenvalue weighted by Crippen LogP contribution is 2.20. The molecule has 0 bridgehead atoms. The maximum Gasteiger partial charge on any atom is 0.337 e. The number of alkyl halides is 2. The number of halogens is 3. The van der Waals surface area contributed by atoms with E-state index in [-0.39, 0.29) is 28.6 Å². The fourth-order valence-corrected chi connectivity index (χ4v) is 2.71. The summed E-state index contributed by atoms with van der Waals surface area (Å²) in [5.74, 6) is -1.28. The van der Waals surface area contributed by atoms with Crippen LogP contribution >= 0.6 is 11.6 Å². The molecule has 0 aliphatic carbocycles. The van der Waals surface area contributed by atoms with Crippen molar-refractivity contribution in [3.63, 3.8) is 0 Å². The highest BCUT2D eigenvalue weighted by molar-refractivity contribution is 7.89. The standard InChI is InChI=1S/C11H12ClF2NO5S/c12-9-5-7(1-2-8(9)11(16)17)21(18,19)15-3-4-20-6-10(13)14/h1-2,5,10,15H,3-4,6H2,(H,16,17). The van der Waals surface area contributed by atoms with Crippen molar-refractivity contribution in [1.29, 1.82) is 0 Å². The van der Waals surface area contributed by atoms with Crippen LogP contribution in [0.3, 0.4) is 0 Å². The van der Waals surface area contributed by atoms with Crippen molar-refractivity contribution in [1.82, 2.24) is 4.72 Å². The maximum atomic E-state index is 11.8. The maximum absolute atomic E-state index is 11.8. The average Bonchev–Trinajstić information content (AvgIpc) is 2.37. The van der Waals surface area contributed by atoms with Crippen LogP contribution in [-0.4, -0.2) is 45.7 Å². The monoisotopic (exact) mass is 343 g/mol. The van der Waals surface area contributed by atoms with Gasteiger partial charge in [0.25, 0.3) is 6.43 Å². The van der Waals surface area contributed by atoms with Gasteiger partial charge in [-0.25, -0.2) is 26.7 Å². The Morgan fingerprint density at radius 2 is 2.10 bits per heavy atom. The summed E-state index contributed by atoms with van der Waals surface area (Å²) in [5.41, 5.74) is -0.226. The first kappa shape index (κ1) is 17.8. The van der Waals surface area contributed by atoms with Crippen LogP contribution in [-0.2, 0) is 14.8 Å². The van der Waals surface area contributed by atoms with Crippen molar-refractivity contribution in [2.24, 2.45) is 0 Å². The smallest absolute Gasteiger partial charge is 0.337 e. The number of rotatable bonds is 8. The second kappa shape index (κ2) is 7.64. The Morgan fingerprint density at radius 1 is 1.43 bits per heavy atom. The molecule has 0 aliphatic rings. The zero-order valence-corrected chi connectivity index (χ0v) is 12.1. The molecule has 6 nitrogen and oxygen atoms in total. The fourth-order valence-electron chi connectivity index (χ4n) is 1.34. The Kier molecular flexibility index (Phi) is 6.46. The predicted molar refractivity (Wildman–Crippen MR) is 70.4 cm³/mol. The minimum absolute atomic E-state index is 0.201. The summed E-state index contributed by atoms with van der Waals surface area (Å²) < 4.78 is 53.9. The van der Waals surface area contributed by atoms with Gasteiger partial charge < -0.3 is 9.84 Å². The van der Waals surface area contributed by atoms with Crippen molar-refractivity contribution >= 4 is 27.6 Å². The Morgan fingerprint density at radius 3 is 2.62 bits per heavy atom. The number of nitrogens with one attached hydrogen (secondary N) is 1. The molecule has 21 heavy (non-hydrogen) atoms. The largest absolute Gasteiger partial charge is 0.478 e. The third kappa shape index (κ3) is 5.54. The average molecular weight is 344 g/mol. The van der Waals surface area contributed by atoms with Gasteiger partial charge in [0, 0.05) is 6.54 Å². The number of hydrogen-bond acceptors (Lipinski definition) is 4. The van der Waals surface area contributed by atoms with E-state index in [9.17, 15) is 22.0 Å². The Hall–Kier alpha value is -1.29. The van der Waals surface area contributed by atoms with Crippen LogP contribution in [0.1, 0.15) is 10.4 Å². The van der Waals surface area contributed by atoms with Crippen LogP contribution in [0, 0.1) is 0 Å². The van der Waals surface area contributed by atoms with Crippen molar-refractivity contribution in [2.45, 2.75) is 11.3 Å². The SMILES string of the molecule is O=C(O)c1ccc(S(=O)(=O)NCCOCC(F)F)cc1Cl. The van der Waals surface area contributed by atoms with Crippen molar-refractivity contribution < 1.29 is 31.8 Å². The van der Waals surface area contributed by atoms with Gasteiger partial charge >= 0.3 is 5.97 Å². The van der Waals surface area contributed by atoms with E-state index in [1.54, 1.807) is 0 Å². The van der Waals surface area contributed by atoms with Crippen molar-refractivity contribution in [3.8, 4) is 0 Å². The molecule has 0 fully saturated rings. The first-order valence-corrected chi connectivity index (χ1v) is 7.48. The first-order valence-electron chi connectivity index (χ1n) is 5.62. The van der Waals surface area contributed by atoms with E-state index in [0.29, 0.717) is 0 Å². The number of benzene rings is 1. The van der Waals surface area contributed by atoms with Gasteiger partial charge in [-0.2, -0.15) is 0 Å². The topological polar surface area (TPSA) is 92.7 Å². The van der Waals surface area contributed by atoms with Gasteiger partial charge in [-0.1, -0.05) is 11.6 Å². The van der Waals surface area contributed by atoms with E-state index < -0.39 is 29.0 Å². The Balaban J connectivity index is 2.66. The normalized spacial score (nSPS) is 11.8. The second-order valence-electron chi connectivity index (χ2n) is 3.81. The van der Waals surface area contributed by atoms with Gasteiger partial charge in [0.05, 0.1) is 22.1 Å². The van der Waals surface area contributed by atoms with Crippen LogP contribution < -0.4 is 4.72 Å². The van der Waals surface area contributed by atoms with Gasteiger partial charge in [0.2, 0.25) is 10.0 Å². The van der Waals surface area contributed by atoms with Crippen molar-refractivity contribution in [3.05, 3.63) is 28.8 Å². The molecule has 118 valence electrons. The summed E-state index contributed by atoms with van der Waals surface area (Å²) >= 11 is 5.67. The lowest BCUT2D eigenvalue weighted by Crippen LogP contribution is -2.28. The highest BCUT2D eigenvalue weighted by Gasteiger charge is 2.17. The highest BCUT2D eigenvalue weighted by atomic mass is 35.5. The van der Waals surface area contributed by atoms with Crippen molar-refractivity contribution in [2.75, 3.05) is 19.8 Å². The minimum Gasteiger partial charge on any atom is -0.478 e. The molecule has 0 aliphatic heterocycles. The summed E-state index contributed by atoms with van der Waals surface area (Å²) in [4.78, 5) is 10.5. The second-order valence-corrected chi connectivity index (χ2v) is 5.98. The molecule has 0 aromatic heterocycles. The van der Waals surface area contributed by atoms with Crippen LogP contribution in [0.2, 0.25) is 5.02 Å². The third-order valence-electron chi connectivity index (χ3n) is 2.26. The zero-order valence-electron chi connectivity index (χ0n) is 10.6. The molecular weight excluding hydrogens is 332 g/mol. The molecule has 0 atom stereocenters. The number of aromatic carboxylic acids is 1. The van der Waals surface area contributed by atoms with Gasteiger partial charge in [0.15, 0.2) is 0 Å². The zero-order chi connectivity index (χ0) is 16.0. The number of hydrogen-bond donors (Lipinski definition) is 2. The molecule has 1 aromatic carbocycles. The Bertz CT molecular complexity index is 609. The lowest BCUT2D eigenvalue weighted by atomic mass is 10.2. The first-order chi connectivity index (χ1) is 9.74. The predicted octanol–water partition coefficient (Wildman–Crippen LogP) is 1.60. The molecule has 10 heteroatoms. The van der Waals surface area contributed by atoms with Crippen LogP contribution in [0.4, 0.5) is 8.78 Å². The van der Waals surface area contributed by atoms with E-state index in [4.69, 9.17) is 16.7 Å². The lowest BCUT2D eigenvalue weighted by Gasteiger charge is -2.08. The quantitative estimate of drug-likeness (QED) is 0.699. The van der Waals surface area contributed by atoms with Gasteiger partial charge in [0.1, 0.15) is 6.61 Å². The van der Waals surface area contributed by atoms with Gasteiger partial charge in [-0.05, 0) is 18.2 Å². The van der Waals surface area contributed by atoms with Crippen LogP contribution in [0.25, 0.3) is 0 Å². The number of carboxylic acid groups (broad SMARTS) is 1. The molecule has 0 amide bonds. The molecule has 0 saturated heterocycles. The molecule has 0 heterocycles. The number of carboxylic acids is 1. The van der Waals surface area contributed by atoms with E-state index in [0.717, 1.165) is 18.2 Å². The fraction of sp³-hybridized carbons (Fsp3) is 0.364. The third-order valence-corrected chi connectivity index (χ3v) is 4.03. The summed E-state index contributed by atoms with van der Waals surface area (Å²) in [6.45, 7) is -1.20. The molecule has 1 aromatic rings. The van der Waals surface area contributed by atoms with Crippen LogP contribution in [0.5, 0.6) is 0 Å². The Labute approximate surface area is 124 Å². The summed E-state index contributed by atoms with van der Waals surface area (Å²) in [6.07, 6.45) is -2.62. The van der Waals surface area contributed by atoms with E-state index in [1.807, 2.05) is 0 Å². The lowest BCUT2D eigenvalue weighted by molar-refractivity contribution is 0.0199. The number of sulfonamides is 1. The van der Waals surface area contributed by atoms with E-state index in [1.165, 1.54) is 0 Å². The molecule has 2 N–H and O–H groups in total. The van der Waals surface area contributed by atoms with E-state index >= 15 is 0 Å². The van der Waals surface area contributed by atoms with Gasteiger partial charge in [-0.3, -0.25) is 0 Å². The van der Waals surface area contributed by atoms with E-state index in [2.05, 4.69) is 9.46 Å². The summed E-state index contributed by atoms with van der Waals surface area (Å²) in [5, 5.41) is 8.55. The molecule has 1 rings (SSSR count). The molecular formula is C11H12ClF2NO5S. The van der Waals surface area contributed by atoms with Gasteiger partial charge in [-0.15, -0.1) is 0 Å². The molecule has 0 radical (unpaired) electrons. The van der Waals surface area contributed by atoms with Crippen LogP contribution in [0.15, 0.2) is 23.1 Å². The number of ether oxygens (including phenoxy) is 1. The number of carbonyl (C=O) groups is 1. The summed E-state index contributed by atoms with van der Waals surface area (Å²) in [7, 11) is -3.92. The molecule has 0 unspecified atom stereocenters. The summed E-state index contributed by atoms with van der Waals surface area (Å²) in [6, 6.07) is 3.14.